The second kappa shape index (κ2) is 12.1. The summed E-state index contributed by atoms with van der Waals surface area (Å²) in [7, 11) is 6.05. The number of piperazine rings is 1. The van der Waals surface area contributed by atoms with E-state index in [0.29, 0.717) is 0 Å². The number of pyridine rings is 1. The van der Waals surface area contributed by atoms with Gasteiger partial charge in [0.05, 0.1) is 0 Å². The van der Waals surface area contributed by atoms with Gasteiger partial charge >= 0.3 is 0 Å². The lowest BCUT2D eigenvalue weighted by Gasteiger charge is -2.33. The first-order valence-electron chi connectivity index (χ1n) is 9.05. The third-order valence-corrected chi connectivity index (χ3v) is 4.56. The van der Waals surface area contributed by atoms with Crippen molar-refractivity contribution in [3.05, 3.63) is 36.5 Å². The van der Waals surface area contributed by atoms with Crippen molar-refractivity contribution in [2.75, 3.05) is 58.8 Å². The molecular formula is C19H33IN6. The molecule has 0 unspecified atom stereocenters. The predicted octanol–water partition coefficient (Wildman–Crippen LogP) is 2.42. The highest BCUT2D eigenvalue weighted by molar-refractivity contribution is 14.0. The molecule has 1 aliphatic heterocycles. The number of guanidine groups is 1. The van der Waals surface area contributed by atoms with Crippen LogP contribution in [0.1, 0.15) is 18.4 Å². The van der Waals surface area contributed by atoms with E-state index in [0.717, 1.165) is 63.9 Å². The van der Waals surface area contributed by atoms with Crippen molar-refractivity contribution >= 4 is 35.8 Å². The van der Waals surface area contributed by atoms with E-state index < -0.39 is 0 Å². The van der Waals surface area contributed by atoms with Gasteiger partial charge in [-0.05, 0) is 31.5 Å². The number of halogens is 1. The van der Waals surface area contributed by atoms with Crippen LogP contribution in [0.3, 0.4) is 0 Å². The molecule has 0 aromatic carbocycles. The molecule has 1 fully saturated rings. The lowest BCUT2D eigenvalue weighted by Crippen LogP contribution is -2.44. The minimum Gasteiger partial charge on any atom is -0.354 e. The average molecular weight is 472 g/mol. The van der Waals surface area contributed by atoms with E-state index in [9.17, 15) is 0 Å². The maximum Gasteiger partial charge on any atom is 0.193 e. The number of aliphatic imine (C=N–C) groups is 1. The lowest BCUT2D eigenvalue weighted by molar-refractivity contribution is 0.312. The lowest BCUT2D eigenvalue weighted by atomic mass is 10.2. The molecule has 6 nitrogen and oxygen atoms in total. The van der Waals surface area contributed by atoms with E-state index >= 15 is 0 Å². The highest BCUT2D eigenvalue weighted by Crippen LogP contribution is 2.13. The number of likely N-dealkylation sites (N-methyl/N-ethyl adjacent to an activating group) is 1. The summed E-state index contributed by atoms with van der Waals surface area (Å²) in [5, 5.41) is 3.41. The van der Waals surface area contributed by atoms with Crippen molar-refractivity contribution in [2.24, 2.45) is 4.99 Å². The minimum absolute atomic E-state index is 0. The van der Waals surface area contributed by atoms with Crippen molar-refractivity contribution < 1.29 is 0 Å². The summed E-state index contributed by atoms with van der Waals surface area (Å²) in [5.41, 5.74) is 1.17. The van der Waals surface area contributed by atoms with Gasteiger partial charge in [-0.1, -0.05) is 12.1 Å². The van der Waals surface area contributed by atoms with Gasteiger partial charge in [0.15, 0.2) is 5.96 Å². The first-order valence-corrected chi connectivity index (χ1v) is 9.05. The van der Waals surface area contributed by atoms with E-state index in [-0.39, 0.29) is 24.0 Å². The second-order valence-electron chi connectivity index (χ2n) is 6.57. The molecule has 0 aliphatic carbocycles. The van der Waals surface area contributed by atoms with Gasteiger partial charge in [0.2, 0.25) is 0 Å². The van der Waals surface area contributed by atoms with Crippen LogP contribution >= 0.6 is 24.0 Å². The number of hydrogen-bond acceptors (Lipinski definition) is 4. The molecule has 0 saturated carbocycles. The Kier molecular flexibility index (Phi) is 10.6. The largest absolute Gasteiger partial charge is 0.354 e. The Bertz CT molecular complexity index is 552. The topological polar surface area (TPSA) is 47.0 Å². The van der Waals surface area contributed by atoms with Gasteiger partial charge in [-0.15, -0.1) is 30.6 Å². The predicted molar refractivity (Wildman–Crippen MR) is 122 cm³/mol. The molecule has 7 heteroatoms. The summed E-state index contributed by atoms with van der Waals surface area (Å²) >= 11 is 0. The third-order valence-electron chi connectivity index (χ3n) is 4.56. The smallest absolute Gasteiger partial charge is 0.193 e. The Morgan fingerprint density at radius 1 is 1.35 bits per heavy atom. The molecule has 26 heavy (non-hydrogen) atoms. The number of anilines is 1. The van der Waals surface area contributed by atoms with E-state index in [1.165, 1.54) is 5.56 Å². The minimum atomic E-state index is 0. The molecule has 2 rings (SSSR count). The molecule has 0 spiro atoms. The van der Waals surface area contributed by atoms with E-state index in [4.69, 9.17) is 0 Å². The third kappa shape index (κ3) is 7.11. The van der Waals surface area contributed by atoms with Gasteiger partial charge < -0.3 is 20.0 Å². The van der Waals surface area contributed by atoms with Gasteiger partial charge in [0.1, 0.15) is 5.82 Å². The van der Waals surface area contributed by atoms with Crippen molar-refractivity contribution in [3.63, 3.8) is 0 Å². The van der Waals surface area contributed by atoms with Gasteiger partial charge in [-0.25, -0.2) is 4.98 Å². The molecule has 2 heterocycles. The fraction of sp³-hybridized carbons (Fsp3) is 0.579. The average Bonchev–Trinajstić information content (AvgIpc) is 2.64. The van der Waals surface area contributed by atoms with Crippen LogP contribution in [0.25, 0.3) is 0 Å². The quantitative estimate of drug-likeness (QED) is 0.217. The zero-order valence-corrected chi connectivity index (χ0v) is 18.6. The molecule has 146 valence electrons. The first-order chi connectivity index (χ1) is 12.1. The summed E-state index contributed by atoms with van der Waals surface area (Å²) in [6.45, 7) is 9.74. The molecule has 0 atom stereocenters. The maximum absolute atomic E-state index is 4.64. The van der Waals surface area contributed by atoms with E-state index in [2.05, 4.69) is 62.8 Å². The van der Waals surface area contributed by atoms with Crippen LogP contribution in [0, 0.1) is 0 Å². The molecule has 1 aliphatic rings. The van der Waals surface area contributed by atoms with Crippen LogP contribution in [0.4, 0.5) is 5.82 Å². The van der Waals surface area contributed by atoms with E-state index in [1.54, 1.807) is 0 Å². The Morgan fingerprint density at radius 3 is 2.65 bits per heavy atom. The number of aromatic nitrogens is 1. The van der Waals surface area contributed by atoms with Crippen LogP contribution < -0.4 is 10.2 Å². The summed E-state index contributed by atoms with van der Waals surface area (Å²) in [6.07, 6.45) is 6.03. The van der Waals surface area contributed by atoms with Gasteiger partial charge in [0.25, 0.3) is 0 Å². The molecule has 0 bridgehead atoms. The molecule has 1 aromatic heterocycles. The molecule has 1 aromatic rings. The monoisotopic (exact) mass is 472 g/mol. The van der Waals surface area contributed by atoms with Gasteiger partial charge in [0, 0.05) is 59.6 Å². The first kappa shape index (κ1) is 22.7. The molecule has 0 amide bonds. The number of rotatable bonds is 7. The van der Waals surface area contributed by atoms with Crippen LogP contribution in [0.2, 0.25) is 0 Å². The molecule has 0 radical (unpaired) electrons. The molecular weight excluding hydrogens is 439 g/mol. The fourth-order valence-corrected chi connectivity index (χ4v) is 2.89. The van der Waals surface area contributed by atoms with Gasteiger partial charge in [-0.3, -0.25) is 4.99 Å². The van der Waals surface area contributed by atoms with Crippen molar-refractivity contribution in [1.82, 2.24) is 20.1 Å². The van der Waals surface area contributed by atoms with E-state index in [1.807, 2.05) is 19.3 Å². The number of unbranched alkanes of at least 4 members (excludes halogenated alkanes) is 1. The summed E-state index contributed by atoms with van der Waals surface area (Å²) in [6, 6.07) is 4.28. The number of allylic oxidation sites excluding steroid dienone is 1. The van der Waals surface area contributed by atoms with Crippen molar-refractivity contribution in [3.8, 4) is 0 Å². The summed E-state index contributed by atoms with van der Waals surface area (Å²) in [4.78, 5) is 15.8. The highest BCUT2D eigenvalue weighted by Gasteiger charge is 2.15. The normalized spacial score (nSPS) is 15.3. The molecule has 1 saturated heterocycles. The number of hydrogen-bond donors (Lipinski definition) is 1. The fourth-order valence-electron chi connectivity index (χ4n) is 2.89. The number of nitrogens with one attached hydrogen (secondary N) is 1. The highest BCUT2D eigenvalue weighted by atomic mass is 127. The van der Waals surface area contributed by atoms with Crippen LogP contribution in [0.5, 0.6) is 0 Å². The maximum atomic E-state index is 4.64. The Balaban J connectivity index is 0.00000338. The second-order valence-corrected chi connectivity index (χ2v) is 6.57. The number of nitrogens with zero attached hydrogens (tertiary/aromatic N) is 5. The standard InChI is InChI=1S/C19H32N6.HI/c1-5-6-7-10-24(4)19(20-2)22-16-17-8-9-18(21-15-17)25-13-11-23(3)12-14-25;/h5,8-9,15H,1,6-7,10-14,16H2,2-4H3,(H,20,22);1H. The van der Waals surface area contributed by atoms with Gasteiger partial charge in [-0.2, -0.15) is 0 Å². The Labute approximate surface area is 175 Å². The summed E-state index contributed by atoms with van der Waals surface area (Å²) in [5.74, 6) is 1.98. The van der Waals surface area contributed by atoms with Crippen LogP contribution in [-0.4, -0.2) is 74.6 Å². The Hall–Kier alpha value is -1.35. The zero-order valence-electron chi connectivity index (χ0n) is 16.3. The molecule has 1 N–H and O–H groups in total. The summed E-state index contributed by atoms with van der Waals surface area (Å²) < 4.78 is 0. The zero-order chi connectivity index (χ0) is 18.1. The van der Waals surface area contributed by atoms with Crippen molar-refractivity contribution in [2.45, 2.75) is 19.4 Å². The Morgan fingerprint density at radius 2 is 2.08 bits per heavy atom. The van der Waals surface area contributed by atoms with Crippen LogP contribution in [-0.2, 0) is 6.54 Å². The SMILES string of the molecule is C=CCCCN(C)C(=NC)NCc1ccc(N2CCN(C)CC2)nc1.I. The van der Waals surface area contributed by atoms with Crippen LogP contribution in [0.15, 0.2) is 36.0 Å². The van der Waals surface area contributed by atoms with Crippen molar-refractivity contribution in [1.29, 1.82) is 0 Å².